The van der Waals surface area contributed by atoms with Crippen LogP contribution in [0.25, 0.3) is 0 Å². The van der Waals surface area contributed by atoms with Crippen molar-refractivity contribution >= 4 is 0 Å². The fraction of sp³-hybridized carbons (Fsp3) is 0.727. The van der Waals surface area contributed by atoms with Gasteiger partial charge in [0.15, 0.2) is 0 Å². The molecule has 0 saturated heterocycles. The zero-order valence-electron chi connectivity index (χ0n) is 17.9. The predicted molar refractivity (Wildman–Crippen MR) is 108 cm³/mol. The van der Waals surface area contributed by atoms with E-state index in [4.69, 9.17) is 0 Å². The molecule has 0 spiro atoms. The van der Waals surface area contributed by atoms with E-state index >= 15 is 0 Å². The van der Waals surface area contributed by atoms with Crippen LogP contribution in [0.4, 0.5) is 0 Å². The van der Waals surface area contributed by atoms with Gasteiger partial charge in [0.1, 0.15) is 0 Å². The topological polar surface area (TPSA) is 72.3 Å². The zero-order valence-corrected chi connectivity index (χ0v) is 17.9. The molecule has 0 aromatic carbocycles. The van der Waals surface area contributed by atoms with Gasteiger partial charge in [0.05, 0.1) is 34.7 Å². The molecule has 0 heterocycles. The summed E-state index contributed by atoms with van der Waals surface area (Å²) < 4.78 is 0. The molecular weight excluding hydrogens is 320 g/mol. The van der Waals surface area contributed by atoms with Crippen molar-refractivity contribution < 1.29 is 0 Å². The largest absolute Gasteiger partial charge is 0.193 e. The number of nitriles is 2. The summed E-state index contributed by atoms with van der Waals surface area (Å²) in [5, 5.41) is 28.1. The highest BCUT2D eigenvalue weighted by molar-refractivity contribution is 5.30. The SMILES string of the molecule is CC(C)C/C(C#N)=C(CC(C)C)/N=N\C(CC(C)C)=C(\C#N)CC(C)C. The maximum Gasteiger partial charge on any atom is 0.0967 e. The summed E-state index contributed by atoms with van der Waals surface area (Å²) in [5.41, 5.74) is 2.95. The van der Waals surface area contributed by atoms with Crippen molar-refractivity contribution in [3.05, 3.63) is 22.5 Å². The molecule has 4 nitrogen and oxygen atoms in total. The van der Waals surface area contributed by atoms with Gasteiger partial charge in [-0.15, -0.1) is 0 Å². The summed E-state index contributed by atoms with van der Waals surface area (Å²) in [6.07, 6.45) is 2.86. The fourth-order valence-electron chi connectivity index (χ4n) is 2.62. The van der Waals surface area contributed by atoms with E-state index in [9.17, 15) is 10.5 Å². The summed E-state index contributed by atoms with van der Waals surface area (Å²) in [6, 6.07) is 4.65. The highest BCUT2D eigenvalue weighted by atomic mass is 15.1. The van der Waals surface area contributed by atoms with Gasteiger partial charge in [-0.25, -0.2) is 0 Å². The quantitative estimate of drug-likeness (QED) is 0.307. The van der Waals surface area contributed by atoms with Gasteiger partial charge in [-0.1, -0.05) is 55.4 Å². The van der Waals surface area contributed by atoms with Crippen LogP contribution in [-0.2, 0) is 0 Å². The average Bonchev–Trinajstić information content (AvgIpc) is 2.51. The summed E-state index contributed by atoms with van der Waals surface area (Å²) in [5.74, 6) is 1.57. The van der Waals surface area contributed by atoms with Crippen LogP contribution in [0.1, 0.15) is 81.1 Å². The number of nitrogens with zero attached hydrogens (tertiary/aromatic N) is 4. The minimum atomic E-state index is 0.392. The number of rotatable bonds is 10. The Labute approximate surface area is 160 Å². The molecule has 4 heteroatoms. The highest BCUT2D eigenvalue weighted by Crippen LogP contribution is 2.26. The molecule has 0 atom stereocenters. The van der Waals surface area contributed by atoms with E-state index in [1.807, 2.05) is 0 Å². The van der Waals surface area contributed by atoms with E-state index < -0.39 is 0 Å². The van der Waals surface area contributed by atoms with Crippen LogP contribution in [0.5, 0.6) is 0 Å². The van der Waals surface area contributed by atoms with Gasteiger partial charge in [-0.05, 0) is 49.4 Å². The number of hydrogen-bond donors (Lipinski definition) is 0. The first-order chi connectivity index (χ1) is 12.1. The smallest absolute Gasteiger partial charge is 0.0967 e. The van der Waals surface area contributed by atoms with Crippen LogP contribution in [0, 0.1) is 46.3 Å². The molecule has 0 unspecified atom stereocenters. The Morgan fingerprint density at radius 3 is 1.04 bits per heavy atom. The summed E-state index contributed by atoms with van der Waals surface area (Å²) in [4.78, 5) is 0. The molecule has 0 aliphatic rings. The van der Waals surface area contributed by atoms with Gasteiger partial charge in [-0.2, -0.15) is 20.8 Å². The molecule has 0 fully saturated rings. The molecule has 0 aliphatic heterocycles. The third-order valence-electron chi connectivity index (χ3n) is 3.69. The van der Waals surface area contributed by atoms with E-state index in [2.05, 4.69) is 77.8 Å². The van der Waals surface area contributed by atoms with Gasteiger partial charge in [0.2, 0.25) is 0 Å². The molecule has 0 amide bonds. The van der Waals surface area contributed by atoms with Gasteiger partial charge < -0.3 is 0 Å². The van der Waals surface area contributed by atoms with Gasteiger partial charge in [-0.3, -0.25) is 0 Å². The van der Waals surface area contributed by atoms with Crippen molar-refractivity contribution in [3.63, 3.8) is 0 Å². The third-order valence-corrected chi connectivity index (χ3v) is 3.69. The van der Waals surface area contributed by atoms with E-state index in [0.717, 1.165) is 24.2 Å². The Morgan fingerprint density at radius 1 is 0.577 bits per heavy atom. The van der Waals surface area contributed by atoms with Crippen molar-refractivity contribution in [2.75, 3.05) is 0 Å². The number of hydrogen-bond acceptors (Lipinski definition) is 4. The maximum absolute atomic E-state index is 9.57. The van der Waals surface area contributed by atoms with Crippen molar-refractivity contribution in [3.8, 4) is 12.1 Å². The molecule has 0 N–H and O–H groups in total. The zero-order chi connectivity index (χ0) is 20.3. The second-order valence-electron chi connectivity index (χ2n) is 8.67. The Kier molecular flexibility index (Phi) is 11.5. The standard InChI is InChI=1S/C22H36N4/c1-15(2)9-19(13-23)21(11-17(5)6)25-26-22(12-18(7)8)20(14-24)10-16(3)4/h15-18H,9-12H2,1-8H3/b21-19-,22-20+,26-25-. The first-order valence-electron chi connectivity index (χ1n) is 9.76. The van der Waals surface area contributed by atoms with Crippen LogP contribution >= 0.6 is 0 Å². The molecule has 0 saturated carbocycles. The molecule has 26 heavy (non-hydrogen) atoms. The molecule has 0 aromatic heterocycles. The second-order valence-corrected chi connectivity index (χ2v) is 8.67. The highest BCUT2D eigenvalue weighted by Gasteiger charge is 2.14. The van der Waals surface area contributed by atoms with Gasteiger partial charge in [0.25, 0.3) is 0 Å². The molecule has 144 valence electrons. The van der Waals surface area contributed by atoms with Crippen LogP contribution in [0.2, 0.25) is 0 Å². The van der Waals surface area contributed by atoms with Crippen molar-refractivity contribution in [2.45, 2.75) is 81.1 Å². The van der Waals surface area contributed by atoms with E-state index in [1.54, 1.807) is 0 Å². The lowest BCUT2D eigenvalue weighted by Gasteiger charge is -2.12. The minimum Gasteiger partial charge on any atom is -0.193 e. The molecule has 0 radical (unpaired) electrons. The van der Waals surface area contributed by atoms with E-state index in [1.165, 1.54) is 0 Å². The normalized spacial score (nSPS) is 14.1. The minimum absolute atomic E-state index is 0.392. The summed E-state index contributed by atoms with van der Waals surface area (Å²) in [7, 11) is 0. The number of allylic oxidation sites excluding steroid dienone is 4. The van der Waals surface area contributed by atoms with Crippen LogP contribution < -0.4 is 0 Å². The summed E-state index contributed by atoms with van der Waals surface area (Å²) >= 11 is 0. The molecule has 0 aliphatic carbocycles. The average molecular weight is 357 g/mol. The van der Waals surface area contributed by atoms with Crippen molar-refractivity contribution in [1.29, 1.82) is 10.5 Å². The molecule has 0 rings (SSSR count). The molecule has 0 aromatic rings. The predicted octanol–water partition coefficient (Wildman–Crippen LogP) is 7.18. The van der Waals surface area contributed by atoms with Crippen LogP contribution in [0.3, 0.4) is 0 Å². The van der Waals surface area contributed by atoms with Crippen LogP contribution in [-0.4, -0.2) is 0 Å². The molecular formula is C22H36N4. The Bertz CT molecular complexity index is 551. The van der Waals surface area contributed by atoms with E-state index in [-0.39, 0.29) is 0 Å². The van der Waals surface area contributed by atoms with Gasteiger partial charge in [0, 0.05) is 0 Å². The Morgan fingerprint density at radius 2 is 0.846 bits per heavy atom. The fourth-order valence-corrected chi connectivity index (χ4v) is 2.62. The number of azo groups is 1. The third kappa shape index (κ3) is 10.1. The summed E-state index contributed by atoms with van der Waals surface area (Å²) in [6.45, 7) is 16.9. The first kappa shape index (κ1) is 24.1. The van der Waals surface area contributed by atoms with Gasteiger partial charge >= 0.3 is 0 Å². The lowest BCUT2D eigenvalue weighted by molar-refractivity contribution is 0.595. The van der Waals surface area contributed by atoms with Crippen molar-refractivity contribution in [2.24, 2.45) is 33.9 Å². The first-order valence-corrected chi connectivity index (χ1v) is 9.76. The van der Waals surface area contributed by atoms with Crippen LogP contribution in [0.15, 0.2) is 32.8 Å². The van der Waals surface area contributed by atoms with E-state index in [0.29, 0.717) is 47.7 Å². The Hall–Kier alpha value is -1.94. The molecule has 0 bridgehead atoms. The lowest BCUT2D eigenvalue weighted by Crippen LogP contribution is -2.00. The van der Waals surface area contributed by atoms with Crippen molar-refractivity contribution in [1.82, 2.24) is 0 Å². The lowest BCUT2D eigenvalue weighted by atomic mass is 9.97. The maximum atomic E-state index is 9.57. The monoisotopic (exact) mass is 356 g/mol. The second kappa shape index (κ2) is 12.4. The Balaban J connectivity index is 6.02.